The molecule has 0 saturated heterocycles. The average Bonchev–Trinajstić information content (AvgIpc) is 3.20. The Hall–Kier alpha value is -3.89. The lowest BCUT2D eigenvalue weighted by Crippen LogP contribution is -2.13. The number of hydrogen-bond donors (Lipinski definition) is 1. The Morgan fingerprint density at radius 2 is 1.93 bits per heavy atom. The minimum atomic E-state index is -0.546. The number of halogens is 1. The highest BCUT2D eigenvalue weighted by molar-refractivity contribution is 7.15. The zero-order valence-electron chi connectivity index (χ0n) is 15.7. The Labute approximate surface area is 176 Å². The summed E-state index contributed by atoms with van der Waals surface area (Å²) in [5, 5.41) is 13.4. The first kappa shape index (κ1) is 19.4. The molecular formula is C23H15FN4OS. The van der Waals surface area contributed by atoms with E-state index in [1.165, 1.54) is 29.5 Å². The third-order valence-electron chi connectivity index (χ3n) is 4.34. The lowest BCUT2D eigenvalue weighted by atomic mass is 10.1. The maximum absolute atomic E-state index is 13.0. The van der Waals surface area contributed by atoms with E-state index >= 15 is 0 Å². The zero-order chi connectivity index (χ0) is 20.9. The number of hydrogen-bond acceptors (Lipinski definition) is 5. The first-order valence-corrected chi connectivity index (χ1v) is 9.90. The van der Waals surface area contributed by atoms with Gasteiger partial charge in [-0.25, -0.2) is 14.4 Å². The summed E-state index contributed by atoms with van der Waals surface area (Å²) in [6.07, 6.45) is 3.69. The molecule has 0 fully saturated rings. The predicted octanol–water partition coefficient (Wildman–Crippen LogP) is 4.97. The molecule has 4 aromatic rings. The third kappa shape index (κ3) is 4.57. The second-order valence-electron chi connectivity index (χ2n) is 6.49. The maximum Gasteiger partial charge on any atom is 0.268 e. The smallest absolute Gasteiger partial charge is 0.268 e. The lowest BCUT2D eigenvalue weighted by Gasteiger charge is -2.01. The number of fused-ring (bicyclic) bond motifs is 1. The zero-order valence-corrected chi connectivity index (χ0v) is 16.5. The van der Waals surface area contributed by atoms with E-state index in [9.17, 15) is 14.4 Å². The monoisotopic (exact) mass is 414 g/mol. The van der Waals surface area contributed by atoms with Crippen molar-refractivity contribution in [2.75, 3.05) is 5.32 Å². The van der Waals surface area contributed by atoms with Gasteiger partial charge in [-0.05, 0) is 35.9 Å². The van der Waals surface area contributed by atoms with Crippen LogP contribution in [-0.4, -0.2) is 15.9 Å². The summed E-state index contributed by atoms with van der Waals surface area (Å²) in [5.74, 6) is -0.831. The lowest BCUT2D eigenvalue weighted by molar-refractivity contribution is -0.112. The van der Waals surface area contributed by atoms with Crippen molar-refractivity contribution < 1.29 is 9.18 Å². The molecule has 0 bridgehead atoms. The average molecular weight is 414 g/mol. The first-order valence-electron chi connectivity index (χ1n) is 9.09. The van der Waals surface area contributed by atoms with Crippen LogP contribution in [-0.2, 0) is 11.2 Å². The van der Waals surface area contributed by atoms with Crippen LogP contribution in [0.3, 0.4) is 0 Å². The number of nitrogens with one attached hydrogen (secondary N) is 1. The quantitative estimate of drug-likeness (QED) is 0.370. The van der Waals surface area contributed by atoms with Crippen molar-refractivity contribution in [3.8, 4) is 6.07 Å². The fourth-order valence-electron chi connectivity index (χ4n) is 2.87. The molecule has 0 spiro atoms. The van der Waals surface area contributed by atoms with Crippen LogP contribution in [0.15, 0.2) is 72.4 Å². The van der Waals surface area contributed by atoms with Crippen LogP contribution >= 0.6 is 11.3 Å². The summed E-state index contributed by atoms with van der Waals surface area (Å²) in [6, 6.07) is 19.4. The number of aromatic nitrogens is 2. The molecule has 0 aliphatic heterocycles. The summed E-state index contributed by atoms with van der Waals surface area (Å²) in [6.45, 7) is 0. The van der Waals surface area contributed by atoms with Gasteiger partial charge in [-0.2, -0.15) is 5.26 Å². The molecule has 0 atom stereocenters. The molecule has 4 rings (SSSR count). The van der Waals surface area contributed by atoms with E-state index in [0.29, 0.717) is 17.2 Å². The summed E-state index contributed by atoms with van der Waals surface area (Å²) >= 11 is 1.31. The van der Waals surface area contributed by atoms with Crippen molar-refractivity contribution in [3.63, 3.8) is 0 Å². The number of carbonyl (C=O) groups excluding carboxylic acids is 1. The van der Waals surface area contributed by atoms with Crippen LogP contribution in [0.4, 0.5) is 9.52 Å². The predicted molar refractivity (Wildman–Crippen MR) is 115 cm³/mol. The van der Waals surface area contributed by atoms with Gasteiger partial charge in [0.15, 0.2) is 5.13 Å². The molecule has 5 nitrogen and oxygen atoms in total. The van der Waals surface area contributed by atoms with Crippen molar-refractivity contribution in [1.29, 1.82) is 5.26 Å². The molecule has 146 valence electrons. The largest absolute Gasteiger partial charge is 0.297 e. The minimum absolute atomic E-state index is 0.0620. The molecule has 30 heavy (non-hydrogen) atoms. The van der Waals surface area contributed by atoms with Crippen molar-refractivity contribution >= 4 is 39.4 Å². The number of pyridine rings is 1. The van der Waals surface area contributed by atoms with Crippen molar-refractivity contribution in [1.82, 2.24) is 9.97 Å². The van der Waals surface area contributed by atoms with Crippen LogP contribution in [0.5, 0.6) is 0 Å². The SMILES string of the molecule is N#CC(=Cc1ccc2ccccc2n1)C(=O)Nc1ncc(Cc2ccc(F)cc2)s1. The minimum Gasteiger partial charge on any atom is -0.297 e. The number of carbonyl (C=O) groups is 1. The molecule has 0 radical (unpaired) electrons. The van der Waals surface area contributed by atoms with Crippen LogP contribution in [0.2, 0.25) is 0 Å². The standard InChI is InChI=1S/C23H15FN4OS/c24-18-8-5-15(6-9-18)11-20-14-26-23(30-20)28-22(29)17(13-25)12-19-10-7-16-3-1-2-4-21(16)27-19/h1-10,12,14H,11H2,(H,26,28,29). The highest BCUT2D eigenvalue weighted by atomic mass is 32.1. The van der Waals surface area contributed by atoms with E-state index in [2.05, 4.69) is 15.3 Å². The molecule has 1 amide bonds. The number of amides is 1. The number of benzene rings is 2. The topological polar surface area (TPSA) is 78.7 Å². The van der Waals surface area contributed by atoms with Crippen molar-refractivity contribution in [2.24, 2.45) is 0 Å². The van der Waals surface area contributed by atoms with E-state index in [-0.39, 0.29) is 11.4 Å². The van der Waals surface area contributed by atoms with E-state index < -0.39 is 5.91 Å². The van der Waals surface area contributed by atoms with E-state index in [0.717, 1.165) is 21.3 Å². The van der Waals surface area contributed by atoms with Crippen molar-refractivity contribution in [3.05, 3.63) is 94.4 Å². The highest BCUT2D eigenvalue weighted by Crippen LogP contribution is 2.22. The Balaban J connectivity index is 1.47. The van der Waals surface area contributed by atoms with Crippen LogP contribution in [0, 0.1) is 17.1 Å². The number of thiazole rings is 1. The van der Waals surface area contributed by atoms with Gasteiger partial charge in [0.05, 0.1) is 11.2 Å². The van der Waals surface area contributed by atoms with Gasteiger partial charge in [0.25, 0.3) is 5.91 Å². The fourth-order valence-corrected chi connectivity index (χ4v) is 3.72. The molecular weight excluding hydrogens is 399 g/mol. The van der Waals surface area contributed by atoms with Crippen molar-refractivity contribution in [2.45, 2.75) is 6.42 Å². The molecule has 2 aromatic heterocycles. The van der Waals surface area contributed by atoms with E-state index in [1.54, 1.807) is 24.4 Å². The summed E-state index contributed by atoms with van der Waals surface area (Å²) in [5.41, 5.74) is 2.19. The molecule has 0 aliphatic rings. The van der Waals surface area contributed by atoms with Gasteiger partial charge in [0.1, 0.15) is 17.5 Å². The molecule has 2 heterocycles. The number of anilines is 1. The van der Waals surface area contributed by atoms with Gasteiger partial charge in [0, 0.05) is 22.9 Å². The number of rotatable bonds is 5. The van der Waals surface area contributed by atoms with Gasteiger partial charge in [-0.15, -0.1) is 11.3 Å². The third-order valence-corrected chi connectivity index (χ3v) is 5.26. The van der Waals surface area contributed by atoms with Gasteiger partial charge >= 0.3 is 0 Å². The molecule has 0 saturated carbocycles. The molecule has 7 heteroatoms. The molecule has 0 aliphatic carbocycles. The van der Waals surface area contributed by atoms with Gasteiger partial charge in [0.2, 0.25) is 0 Å². The Morgan fingerprint density at radius 3 is 2.73 bits per heavy atom. The molecule has 1 N–H and O–H groups in total. The Kier molecular flexibility index (Phi) is 5.59. The highest BCUT2D eigenvalue weighted by Gasteiger charge is 2.13. The van der Waals surface area contributed by atoms with Gasteiger partial charge in [-0.1, -0.05) is 36.4 Å². The van der Waals surface area contributed by atoms with Crippen LogP contribution in [0.1, 0.15) is 16.1 Å². The summed E-state index contributed by atoms with van der Waals surface area (Å²) in [7, 11) is 0. The Bertz CT molecular complexity index is 1290. The van der Waals surface area contributed by atoms with E-state index in [1.807, 2.05) is 36.4 Å². The Morgan fingerprint density at radius 1 is 1.13 bits per heavy atom. The number of nitriles is 1. The van der Waals surface area contributed by atoms with Crippen LogP contribution < -0.4 is 5.32 Å². The molecule has 0 unspecified atom stereocenters. The summed E-state index contributed by atoms with van der Waals surface area (Å²) < 4.78 is 13.0. The molecule has 2 aromatic carbocycles. The van der Waals surface area contributed by atoms with Crippen LogP contribution in [0.25, 0.3) is 17.0 Å². The fraction of sp³-hybridized carbons (Fsp3) is 0.0435. The second-order valence-corrected chi connectivity index (χ2v) is 7.60. The summed E-state index contributed by atoms with van der Waals surface area (Å²) in [4.78, 5) is 22.1. The first-order chi connectivity index (χ1) is 14.6. The maximum atomic E-state index is 13.0. The number of para-hydroxylation sites is 1. The van der Waals surface area contributed by atoms with Gasteiger partial charge in [-0.3, -0.25) is 10.1 Å². The second kappa shape index (κ2) is 8.64. The van der Waals surface area contributed by atoms with E-state index in [4.69, 9.17) is 0 Å². The normalized spacial score (nSPS) is 11.3. The van der Waals surface area contributed by atoms with Gasteiger partial charge < -0.3 is 0 Å². The number of nitrogens with zero attached hydrogens (tertiary/aromatic N) is 3.